The highest BCUT2D eigenvalue weighted by molar-refractivity contribution is 5.98. The maximum absolute atomic E-state index is 13.2. The van der Waals surface area contributed by atoms with Crippen LogP contribution in [-0.4, -0.2) is 50.7 Å². The number of rotatable bonds is 10. The second-order valence-electron chi connectivity index (χ2n) is 9.03. The minimum absolute atomic E-state index is 0.148. The van der Waals surface area contributed by atoms with Crippen LogP contribution in [0.4, 0.5) is 5.69 Å². The Hall–Kier alpha value is -3.69. The Labute approximate surface area is 199 Å². The molecule has 0 saturated heterocycles. The van der Waals surface area contributed by atoms with E-state index in [0.29, 0.717) is 23.8 Å². The van der Waals surface area contributed by atoms with E-state index in [4.69, 9.17) is 9.15 Å². The molecule has 0 unspecified atom stereocenters. The van der Waals surface area contributed by atoms with Gasteiger partial charge in [0.1, 0.15) is 24.6 Å². The number of unbranched alkanes of at least 4 members (excludes halogenated alkanes) is 1. The Kier molecular flexibility index (Phi) is 8.04. The van der Waals surface area contributed by atoms with Gasteiger partial charge >= 0.3 is 0 Å². The van der Waals surface area contributed by atoms with Gasteiger partial charge in [0, 0.05) is 11.2 Å². The maximum Gasteiger partial charge on any atom is 0.251 e. The van der Waals surface area contributed by atoms with Gasteiger partial charge in [0.2, 0.25) is 11.7 Å². The van der Waals surface area contributed by atoms with Crippen molar-refractivity contribution in [1.82, 2.24) is 25.5 Å². The van der Waals surface area contributed by atoms with E-state index in [1.54, 1.807) is 36.4 Å². The number of nitrogens with one attached hydrogen (secondary N) is 1. The zero-order chi connectivity index (χ0) is 24.7. The molecule has 10 nitrogen and oxygen atoms in total. The Bertz CT molecular complexity index is 1100. The van der Waals surface area contributed by atoms with Crippen LogP contribution in [0.5, 0.6) is 5.75 Å². The number of anilines is 1. The Morgan fingerprint density at radius 2 is 1.88 bits per heavy atom. The first-order valence-electron chi connectivity index (χ1n) is 11.3. The lowest BCUT2D eigenvalue weighted by Crippen LogP contribution is -2.48. The highest BCUT2D eigenvalue weighted by Crippen LogP contribution is 2.21. The van der Waals surface area contributed by atoms with Crippen LogP contribution in [0.15, 0.2) is 40.8 Å². The topological polar surface area (TPSA) is 115 Å². The van der Waals surface area contributed by atoms with Crippen LogP contribution >= 0.6 is 0 Å². The van der Waals surface area contributed by atoms with Crippen LogP contribution in [0.3, 0.4) is 0 Å². The summed E-state index contributed by atoms with van der Waals surface area (Å²) < 4.78 is 11.2. The fourth-order valence-electron chi connectivity index (χ4n) is 3.15. The molecule has 10 heteroatoms. The van der Waals surface area contributed by atoms with E-state index >= 15 is 0 Å². The average Bonchev–Trinajstić information content (AvgIpc) is 3.40. The van der Waals surface area contributed by atoms with E-state index in [2.05, 4.69) is 27.7 Å². The van der Waals surface area contributed by atoms with Gasteiger partial charge in [0.15, 0.2) is 5.76 Å². The van der Waals surface area contributed by atoms with Gasteiger partial charge in [-0.3, -0.25) is 9.59 Å². The molecule has 1 N–H and O–H groups in total. The van der Waals surface area contributed by atoms with Crippen molar-refractivity contribution in [3.05, 3.63) is 42.2 Å². The summed E-state index contributed by atoms with van der Waals surface area (Å²) in [7, 11) is 0. The highest BCUT2D eigenvalue weighted by Gasteiger charge is 2.23. The zero-order valence-electron chi connectivity index (χ0n) is 20.4. The number of furan rings is 1. The molecule has 0 aliphatic rings. The quantitative estimate of drug-likeness (QED) is 0.454. The summed E-state index contributed by atoms with van der Waals surface area (Å²) in [5.74, 6) is 1.55. The van der Waals surface area contributed by atoms with Crippen LogP contribution < -0.4 is 15.0 Å². The molecule has 2 heterocycles. The average molecular weight is 469 g/mol. The summed E-state index contributed by atoms with van der Waals surface area (Å²) in [6, 6.07) is 10.6. The number of aromatic nitrogens is 4. The lowest BCUT2D eigenvalue weighted by atomic mass is 10.1. The Morgan fingerprint density at radius 3 is 2.50 bits per heavy atom. The number of hydrogen-bond acceptors (Lipinski definition) is 7. The molecule has 34 heavy (non-hydrogen) atoms. The van der Waals surface area contributed by atoms with Crippen LogP contribution in [0.25, 0.3) is 11.6 Å². The normalized spacial score (nSPS) is 11.3. The molecular formula is C24H32N6O4. The number of ether oxygens (including phenoxy) is 1. The van der Waals surface area contributed by atoms with Crippen molar-refractivity contribution in [3.63, 3.8) is 0 Å². The first-order valence-corrected chi connectivity index (χ1v) is 11.3. The van der Waals surface area contributed by atoms with Crippen molar-refractivity contribution >= 4 is 17.5 Å². The number of benzene rings is 1. The van der Waals surface area contributed by atoms with Crippen LogP contribution in [-0.2, 0) is 16.1 Å². The van der Waals surface area contributed by atoms with Crippen molar-refractivity contribution in [2.45, 2.75) is 59.5 Å². The number of tetrazole rings is 1. The summed E-state index contributed by atoms with van der Waals surface area (Å²) in [4.78, 5) is 28.4. The molecule has 0 atom stereocenters. The number of aryl methyl sites for hydroxylation is 1. The lowest BCUT2D eigenvalue weighted by Gasteiger charge is -2.26. The van der Waals surface area contributed by atoms with Gasteiger partial charge in [-0.05, 0) is 75.7 Å². The predicted molar refractivity (Wildman–Crippen MR) is 127 cm³/mol. The molecule has 3 aromatic rings. The molecule has 0 radical (unpaired) electrons. The Balaban J connectivity index is 1.76. The maximum atomic E-state index is 13.2. The van der Waals surface area contributed by atoms with Gasteiger partial charge in [-0.25, -0.2) is 0 Å². The lowest BCUT2D eigenvalue weighted by molar-refractivity contribution is -0.125. The summed E-state index contributed by atoms with van der Waals surface area (Å²) in [5, 5.41) is 15.1. The third-order valence-electron chi connectivity index (χ3n) is 4.72. The molecule has 0 spiro atoms. The van der Waals surface area contributed by atoms with Gasteiger partial charge in [0.05, 0.1) is 6.61 Å². The summed E-state index contributed by atoms with van der Waals surface area (Å²) in [5.41, 5.74) is 0.144. The van der Waals surface area contributed by atoms with Crippen molar-refractivity contribution in [2.75, 3.05) is 18.1 Å². The van der Waals surface area contributed by atoms with Crippen molar-refractivity contribution in [3.8, 4) is 17.3 Å². The number of nitrogens with zero attached hydrogens (tertiary/aromatic N) is 5. The van der Waals surface area contributed by atoms with E-state index in [0.717, 1.165) is 18.6 Å². The minimum Gasteiger partial charge on any atom is -0.494 e. The highest BCUT2D eigenvalue weighted by atomic mass is 16.5. The summed E-state index contributed by atoms with van der Waals surface area (Å²) in [6.07, 6.45) is 2.00. The van der Waals surface area contributed by atoms with Crippen molar-refractivity contribution < 1.29 is 18.7 Å². The Morgan fingerprint density at radius 1 is 1.15 bits per heavy atom. The number of hydrogen-bond donors (Lipinski definition) is 1. The minimum atomic E-state index is -0.424. The molecule has 0 fully saturated rings. The molecule has 1 aromatic carbocycles. The van der Waals surface area contributed by atoms with Crippen LogP contribution in [0.2, 0.25) is 0 Å². The summed E-state index contributed by atoms with van der Waals surface area (Å²) >= 11 is 0. The van der Waals surface area contributed by atoms with Crippen molar-refractivity contribution in [2.24, 2.45) is 0 Å². The van der Waals surface area contributed by atoms with E-state index in [1.807, 2.05) is 27.7 Å². The monoisotopic (exact) mass is 468 g/mol. The van der Waals surface area contributed by atoms with Gasteiger partial charge in [-0.1, -0.05) is 13.3 Å². The van der Waals surface area contributed by atoms with E-state index in [-0.39, 0.29) is 30.7 Å². The zero-order valence-corrected chi connectivity index (χ0v) is 20.4. The second kappa shape index (κ2) is 11.0. The number of carbonyl (C=O) groups is 2. The fraction of sp³-hybridized carbons (Fsp3) is 0.458. The molecule has 2 aromatic heterocycles. The van der Waals surface area contributed by atoms with Gasteiger partial charge in [-0.15, -0.1) is 10.2 Å². The molecule has 3 rings (SSSR count). The molecule has 0 saturated carbocycles. The smallest absolute Gasteiger partial charge is 0.251 e. The van der Waals surface area contributed by atoms with E-state index in [1.165, 1.54) is 9.70 Å². The van der Waals surface area contributed by atoms with Gasteiger partial charge in [-0.2, -0.15) is 4.80 Å². The molecular weight excluding hydrogens is 436 g/mol. The second-order valence-corrected chi connectivity index (χ2v) is 9.03. The largest absolute Gasteiger partial charge is 0.494 e. The fourth-order valence-corrected chi connectivity index (χ4v) is 3.15. The number of carbonyl (C=O) groups excluding carboxylic acids is 2. The SMILES string of the molecule is CCCCOc1ccc(N(CC(=O)NC(C)(C)C)C(=O)Cn2nnc(-c3ccc(C)o3)n2)cc1. The van der Waals surface area contributed by atoms with E-state index in [9.17, 15) is 9.59 Å². The molecule has 0 bridgehead atoms. The molecule has 0 aliphatic carbocycles. The van der Waals surface area contributed by atoms with Crippen LogP contribution in [0.1, 0.15) is 46.3 Å². The summed E-state index contributed by atoms with van der Waals surface area (Å²) in [6.45, 7) is 9.86. The first-order chi connectivity index (χ1) is 16.1. The van der Waals surface area contributed by atoms with Crippen molar-refractivity contribution in [1.29, 1.82) is 0 Å². The number of amides is 2. The molecule has 0 aliphatic heterocycles. The van der Waals surface area contributed by atoms with E-state index < -0.39 is 5.54 Å². The van der Waals surface area contributed by atoms with Gasteiger partial charge < -0.3 is 19.4 Å². The standard InChI is InChI=1S/C24H32N6O4/c1-6-7-14-33-19-11-9-18(10-12-19)29(15-21(31)25-24(3,4)5)22(32)16-30-27-23(26-28-30)20-13-8-17(2)34-20/h8-13H,6-7,14-16H2,1-5H3,(H,25,31). The molecule has 2 amide bonds. The third-order valence-corrected chi connectivity index (χ3v) is 4.72. The van der Waals surface area contributed by atoms with Gasteiger partial charge in [0.25, 0.3) is 5.91 Å². The molecule has 182 valence electrons. The predicted octanol–water partition coefficient (Wildman–Crippen LogP) is 3.37. The third kappa shape index (κ3) is 7.16. The van der Waals surface area contributed by atoms with Crippen LogP contribution in [0, 0.1) is 6.92 Å². The first kappa shape index (κ1) is 24.9.